The number of nitrogens with one attached hydrogen (secondary N) is 1. The van der Waals surface area contributed by atoms with E-state index >= 15 is 0 Å². The molecule has 0 atom stereocenters. The van der Waals surface area contributed by atoms with E-state index in [-0.39, 0.29) is 6.73 Å². The standard InChI is InChI=1S/C10H15NO3/c1-13-9-4-3-8(6-11-7-12)5-10(9)14-2/h3-5,11-12H,6-7H2,1-2H3. The molecule has 0 aromatic heterocycles. The lowest BCUT2D eigenvalue weighted by atomic mass is 10.2. The van der Waals surface area contributed by atoms with E-state index in [1.807, 2.05) is 18.2 Å². The minimum Gasteiger partial charge on any atom is -0.493 e. The molecule has 0 radical (unpaired) electrons. The predicted octanol–water partition coefficient (Wildman–Crippen LogP) is 0.743. The van der Waals surface area contributed by atoms with E-state index < -0.39 is 0 Å². The van der Waals surface area contributed by atoms with Crippen LogP contribution >= 0.6 is 0 Å². The maximum atomic E-state index is 8.59. The molecule has 78 valence electrons. The van der Waals surface area contributed by atoms with Gasteiger partial charge in [-0.25, -0.2) is 0 Å². The van der Waals surface area contributed by atoms with Crippen molar-refractivity contribution in [3.05, 3.63) is 23.8 Å². The number of hydrogen-bond acceptors (Lipinski definition) is 4. The van der Waals surface area contributed by atoms with E-state index in [1.54, 1.807) is 14.2 Å². The van der Waals surface area contributed by atoms with Crippen LogP contribution in [0.15, 0.2) is 18.2 Å². The number of rotatable bonds is 5. The van der Waals surface area contributed by atoms with Gasteiger partial charge in [0, 0.05) is 6.54 Å². The van der Waals surface area contributed by atoms with Crippen LogP contribution in [0.2, 0.25) is 0 Å². The monoisotopic (exact) mass is 197 g/mol. The van der Waals surface area contributed by atoms with Crippen molar-refractivity contribution in [3.8, 4) is 11.5 Å². The zero-order valence-corrected chi connectivity index (χ0v) is 8.41. The van der Waals surface area contributed by atoms with Crippen LogP contribution in [0.1, 0.15) is 5.56 Å². The molecule has 0 aliphatic rings. The normalized spacial score (nSPS) is 9.93. The van der Waals surface area contributed by atoms with Crippen LogP contribution in [-0.4, -0.2) is 26.1 Å². The van der Waals surface area contributed by atoms with Crippen molar-refractivity contribution in [2.24, 2.45) is 0 Å². The Hall–Kier alpha value is -1.26. The molecule has 0 heterocycles. The quantitative estimate of drug-likeness (QED) is 0.684. The largest absolute Gasteiger partial charge is 0.493 e. The number of ether oxygens (including phenoxy) is 2. The summed E-state index contributed by atoms with van der Waals surface area (Å²) in [7, 11) is 3.20. The summed E-state index contributed by atoms with van der Waals surface area (Å²) in [6.45, 7) is 0.575. The minimum atomic E-state index is -0.0334. The number of aliphatic hydroxyl groups excluding tert-OH is 1. The predicted molar refractivity (Wildman–Crippen MR) is 53.5 cm³/mol. The second kappa shape index (κ2) is 5.47. The maximum Gasteiger partial charge on any atom is 0.161 e. The highest BCUT2D eigenvalue weighted by Crippen LogP contribution is 2.27. The molecule has 0 spiro atoms. The van der Waals surface area contributed by atoms with Crippen molar-refractivity contribution in [3.63, 3.8) is 0 Å². The summed E-state index contributed by atoms with van der Waals surface area (Å²) in [5.74, 6) is 1.41. The van der Waals surface area contributed by atoms with Crippen molar-refractivity contribution >= 4 is 0 Å². The van der Waals surface area contributed by atoms with Crippen LogP contribution in [0.3, 0.4) is 0 Å². The first-order valence-electron chi connectivity index (χ1n) is 4.34. The number of hydrogen-bond donors (Lipinski definition) is 2. The first-order valence-corrected chi connectivity index (χ1v) is 4.34. The highest BCUT2D eigenvalue weighted by atomic mass is 16.5. The molecular weight excluding hydrogens is 182 g/mol. The van der Waals surface area contributed by atoms with Gasteiger partial charge in [-0.1, -0.05) is 6.07 Å². The van der Waals surface area contributed by atoms with Gasteiger partial charge in [0.05, 0.1) is 21.0 Å². The molecule has 0 saturated heterocycles. The SMILES string of the molecule is COc1ccc(CNCO)cc1OC. The fourth-order valence-electron chi connectivity index (χ4n) is 1.19. The van der Waals surface area contributed by atoms with Gasteiger partial charge in [-0.15, -0.1) is 0 Å². The Morgan fingerprint density at radius 3 is 2.50 bits per heavy atom. The Kier molecular flexibility index (Phi) is 4.22. The number of benzene rings is 1. The lowest BCUT2D eigenvalue weighted by molar-refractivity contribution is 0.259. The van der Waals surface area contributed by atoms with Crippen molar-refractivity contribution in [1.29, 1.82) is 0 Å². The summed E-state index contributed by atoms with van der Waals surface area (Å²) < 4.78 is 10.2. The zero-order valence-electron chi connectivity index (χ0n) is 8.41. The van der Waals surface area contributed by atoms with Gasteiger partial charge >= 0.3 is 0 Å². The van der Waals surface area contributed by atoms with Crippen LogP contribution in [0.25, 0.3) is 0 Å². The summed E-state index contributed by atoms with van der Waals surface area (Å²) in [5, 5.41) is 11.4. The Balaban J connectivity index is 2.79. The molecule has 0 aliphatic heterocycles. The molecule has 4 nitrogen and oxygen atoms in total. The van der Waals surface area contributed by atoms with Gasteiger partial charge in [0.2, 0.25) is 0 Å². The van der Waals surface area contributed by atoms with E-state index in [2.05, 4.69) is 5.32 Å². The molecule has 0 fully saturated rings. The Labute approximate surface area is 83.5 Å². The molecule has 0 amide bonds. The van der Waals surface area contributed by atoms with E-state index in [1.165, 1.54) is 0 Å². The molecule has 0 bridgehead atoms. The van der Waals surface area contributed by atoms with E-state index in [9.17, 15) is 0 Å². The molecule has 1 aromatic rings. The molecule has 2 N–H and O–H groups in total. The van der Waals surface area contributed by atoms with Crippen LogP contribution in [0.4, 0.5) is 0 Å². The van der Waals surface area contributed by atoms with E-state index in [4.69, 9.17) is 14.6 Å². The van der Waals surface area contributed by atoms with Crippen molar-refractivity contribution < 1.29 is 14.6 Å². The molecule has 1 aromatic carbocycles. The van der Waals surface area contributed by atoms with Crippen LogP contribution in [0.5, 0.6) is 11.5 Å². The fourth-order valence-corrected chi connectivity index (χ4v) is 1.19. The second-order valence-corrected chi connectivity index (χ2v) is 2.77. The molecule has 1 rings (SSSR count). The van der Waals surface area contributed by atoms with Gasteiger partial charge < -0.3 is 14.6 Å². The third-order valence-electron chi connectivity index (χ3n) is 1.89. The van der Waals surface area contributed by atoms with E-state index in [0.29, 0.717) is 18.0 Å². The summed E-state index contributed by atoms with van der Waals surface area (Å²) in [6, 6.07) is 5.64. The number of methoxy groups -OCH3 is 2. The van der Waals surface area contributed by atoms with Gasteiger partial charge in [0.25, 0.3) is 0 Å². The van der Waals surface area contributed by atoms with Crippen molar-refractivity contribution in [2.75, 3.05) is 21.0 Å². The summed E-state index contributed by atoms with van der Waals surface area (Å²) in [4.78, 5) is 0. The lowest BCUT2D eigenvalue weighted by Gasteiger charge is -2.09. The summed E-state index contributed by atoms with van der Waals surface area (Å²) in [6.07, 6.45) is 0. The maximum absolute atomic E-state index is 8.59. The van der Waals surface area contributed by atoms with Crippen molar-refractivity contribution in [2.45, 2.75) is 6.54 Å². The molecular formula is C10H15NO3. The zero-order chi connectivity index (χ0) is 10.4. The number of aliphatic hydroxyl groups is 1. The molecule has 14 heavy (non-hydrogen) atoms. The van der Waals surface area contributed by atoms with Gasteiger partial charge in [-0.05, 0) is 17.7 Å². The molecule has 0 unspecified atom stereocenters. The third-order valence-corrected chi connectivity index (χ3v) is 1.89. The fraction of sp³-hybridized carbons (Fsp3) is 0.400. The Morgan fingerprint density at radius 1 is 1.21 bits per heavy atom. The smallest absolute Gasteiger partial charge is 0.161 e. The minimum absolute atomic E-state index is 0.0334. The van der Waals surface area contributed by atoms with Crippen molar-refractivity contribution in [1.82, 2.24) is 5.32 Å². The average Bonchev–Trinajstić information content (AvgIpc) is 2.25. The van der Waals surface area contributed by atoms with Crippen LogP contribution < -0.4 is 14.8 Å². The lowest BCUT2D eigenvalue weighted by Crippen LogP contribution is -2.13. The summed E-state index contributed by atoms with van der Waals surface area (Å²) in [5.41, 5.74) is 1.04. The highest BCUT2D eigenvalue weighted by Gasteiger charge is 2.03. The Morgan fingerprint density at radius 2 is 1.93 bits per heavy atom. The molecule has 4 heteroatoms. The van der Waals surface area contributed by atoms with E-state index in [0.717, 1.165) is 5.56 Å². The van der Waals surface area contributed by atoms with Gasteiger partial charge in [0.15, 0.2) is 11.5 Å². The highest BCUT2D eigenvalue weighted by molar-refractivity contribution is 5.42. The first-order chi connectivity index (χ1) is 6.81. The molecule has 0 aliphatic carbocycles. The van der Waals surface area contributed by atoms with Gasteiger partial charge in [-0.3, -0.25) is 5.32 Å². The first kappa shape index (κ1) is 10.8. The van der Waals surface area contributed by atoms with Gasteiger partial charge in [-0.2, -0.15) is 0 Å². The average molecular weight is 197 g/mol. The van der Waals surface area contributed by atoms with Gasteiger partial charge in [0.1, 0.15) is 0 Å². The topological polar surface area (TPSA) is 50.7 Å². The van der Waals surface area contributed by atoms with Crippen LogP contribution in [-0.2, 0) is 6.54 Å². The second-order valence-electron chi connectivity index (χ2n) is 2.77. The Bertz CT molecular complexity index is 289. The molecule has 0 saturated carbocycles. The summed E-state index contributed by atoms with van der Waals surface area (Å²) >= 11 is 0. The third kappa shape index (κ3) is 2.61. The van der Waals surface area contributed by atoms with Crippen LogP contribution in [0, 0.1) is 0 Å².